The quantitative estimate of drug-likeness (QED) is 0.548. The number of hydrogen-bond donors (Lipinski definition) is 0. The molecular weight excluding hydrogens is 346 g/mol. The predicted molar refractivity (Wildman–Crippen MR) is 103 cm³/mol. The lowest BCUT2D eigenvalue weighted by molar-refractivity contribution is -0.147. The Kier molecular flexibility index (Phi) is 6.02. The van der Waals surface area contributed by atoms with Gasteiger partial charge in [-0.3, -0.25) is 4.79 Å². The van der Waals surface area contributed by atoms with Crippen LogP contribution in [0.5, 0.6) is 5.75 Å². The van der Waals surface area contributed by atoms with Crippen LogP contribution in [0, 0.1) is 0 Å². The summed E-state index contributed by atoms with van der Waals surface area (Å²) >= 11 is 1.53. The van der Waals surface area contributed by atoms with E-state index in [4.69, 9.17) is 9.47 Å². The second-order valence-electron chi connectivity index (χ2n) is 5.86. The Morgan fingerprint density at radius 1 is 1.15 bits per heavy atom. The average Bonchev–Trinajstić information content (AvgIpc) is 3.17. The molecule has 3 aromatic rings. The third kappa shape index (κ3) is 4.29. The van der Waals surface area contributed by atoms with Gasteiger partial charge in [-0.05, 0) is 24.1 Å². The summed E-state index contributed by atoms with van der Waals surface area (Å²) in [6.45, 7) is 2.17. The van der Waals surface area contributed by atoms with Gasteiger partial charge in [0.2, 0.25) is 0 Å². The van der Waals surface area contributed by atoms with E-state index in [0.29, 0.717) is 6.42 Å². The monoisotopic (exact) mass is 367 g/mol. The summed E-state index contributed by atoms with van der Waals surface area (Å²) in [4.78, 5) is 17.0. The van der Waals surface area contributed by atoms with E-state index in [1.807, 2.05) is 66.9 Å². The second kappa shape index (κ2) is 8.63. The molecule has 3 rings (SSSR count). The summed E-state index contributed by atoms with van der Waals surface area (Å²) in [6.07, 6.45) is 0.703. The molecular formula is C21H21NO3S. The summed E-state index contributed by atoms with van der Waals surface area (Å²) < 4.78 is 10.8. The maximum Gasteiger partial charge on any atom is 0.313 e. The van der Waals surface area contributed by atoms with Crippen LogP contribution in [0.3, 0.4) is 0 Å². The minimum Gasteiger partial charge on any atom is -0.497 e. The molecule has 0 spiro atoms. The van der Waals surface area contributed by atoms with E-state index in [1.165, 1.54) is 11.3 Å². The van der Waals surface area contributed by atoms with Gasteiger partial charge in [-0.1, -0.05) is 49.4 Å². The number of carbonyl (C=O) groups excluding carboxylic acids is 1. The fourth-order valence-corrected chi connectivity index (χ4v) is 3.53. The van der Waals surface area contributed by atoms with Crippen molar-refractivity contribution < 1.29 is 14.3 Å². The predicted octanol–water partition coefficient (Wildman–Crippen LogP) is 5.06. The molecule has 5 heteroatoms. The highest BCUT2D eigenvalue weighted by atomic mass is 32.1. The van der Waals surface area contributed by atoms with Crippen LogP contribution < -0.4 is 4.74 Å². The Morgan fingerprint density at radius 2 is 1.96 bits per heavy atom. The highest BCUT2D eigenvalue weighted by Gasteiger charge is 2.20. The highest BCUT2D eigenvalue weighted by Crippen LogP contribution is 2.27. The fourth-order valence-electron chi connectivity index (χ4n) is 2.73. The first-order chi connectivity index (χ1) is 12.7. The molecule has 0 bridgehead atoms. The fraction of sp³-hybridized carbons (Fsp3) is 0.238. The van der Waals surface area contributed by atoms with Crippen molar-refractivity contribution in [1.29, 1.82) is 0 Å². The maximum atomic E-state index is 12.4. The Hall–Kier alpha value is -2.66. The number of esters is 1. The molecule has 0 amide bonds. The van der Waals surface area contributed by atoms with Crippen molar-refractivity contribution in [2.45, 2.75) is 25.9 Å². The molecule has 1 aromatic heterocycles. The summed E-state index contributed by atoms with van der Waals surface area (Å²) in [7, 11) is 1.64. The van der Waals surface area contributed by atoms with Crippen molar-refractivity contribution in [3.63, 3.8) is 0 Å². The highest BCUT2D eigenvalue weighted by molar-refractivity contribution is 7.13. The van der Waals surface area contributed by atoms with Crippen LogP contribution in [0.2, 0.25) is 0 Å². The molecule has 1 unspecified atom stereocenters. The molecule has 26 heavy (non-hydrogen) atoms. The van der Waals surface area contributed by atoms with Gasteiger partial charge in [0.05, 0.1) is 18.7 Å². The van der Waals surface area contributed by atoms with Crippen LogP contribution in [0.1, 0.15) is 30.5 Å². The minimum atomic E-state index is -0.243. The van der Waals surface area contributed by atoms with Gasteiger partial charge in [-0.15, -0.1) is 11.3 Å². The van der Waals surface area contributed by atoms with Crippen LogP contribution in [0.4, 0.5) is 0 Å². The Bertz CT molecular complexity index is 860. The molecule has 0 aliphatic rings. The van der Waals surface area contributed by atoms with E-state index in [1.54, 1.807) is 7.11 Å². The Morgan fingerprint density at radius 3 is 2.69 bits per heavy atom. The number of nitrogens with zero attached hydrogens (tertiary/aromatic N) is 1. The first-order valence-electron chi connectivity index (χ1n) is 8.51. The van der Waals surface area contributed by atoms with Crippen LogP contribution in [0.15, 0.2) is 60.0 Å². The Labute approximate surface area is 157 Å². The smallest absolute Gasteiger partial charge is 0.313 e. The Balaban J connectivity index is 1.65. The van der Waals surface area contributed by atoms with E-state index in [0.717, 1.165) is 27.6 Å². The topological polar surface area (TPSA) is 48.4 Å². The zero-order chi connectivity index (χ0) is 18.4. The number of hydrogen-bond acceptors (Lipinski definition) is 5. The summed E-state index contributed by atoms with van der Waals surface area (Å²) in [5, 5.41) is 2.80. The van der Waals surface area contributed by atoms with Gasteiger partial charge < -0.3 is 9.47 Å². The largest absolute Gasteiger partial charge is 0.497 e. The molecule has 4 nitrogen and oxygen atoms in total. The van der Waals surface area contributed by atoms with Gasteiger partial charge in [0.25, 0.3) is 0 Å². The van der Waals surface area contributed by atoms with Crippen molar-refractivity contribution in [3.8, 4) is 16.3 Å². The van der Waals surface area contributed by atoms with Gasteiger partial charge in [0.1, 0.15) is 17.4 Å². The van der Waals surface area contributed by atoms with E-state index >= 15 is 0 Å². The molecule has 0 fully saturated rings. The molecule has 0 aliphatic carbocycles. The summed E-state index contributed by atoms with van der Waals surface area (Å²) in [5.74, 6) is 0.335. The number of benzene rings is 2. The zero-order valence-electron chi connectivity index (χ0n) is 14.8. The molecule has 2 aromatic carbocycles. The number of methoxy groups -OCH3 is 1. The van der Waals surface area contributed by atoms with Crippen LogP contribution in [0.25, 0.3) is 10.6 Å². The molecule has 0 aliphatic heterocycles. The molecule has 1 atom stereocenters. The van der Waals surface area contributed by atoms with E-state index in [2.05, 4.69) is 4.98 Å². The number of aromatic nitrogens is 1. The summed E-state index contributed by atoms with van der Waals surface area (Å²) in [6, 6.07) is 17.5. The summed E-state index contributed by atoms with van der Waals surface area (Å²) in [5.41, 5.74) is 2.72. The molecule has 0 saturated heterocycles. The molecule has 1 heterocycles. The molecule has 0 N–H and O–H groups in total. The SMILES string of the molecule is CCC(C(=O)OCc1csc(-c2cccc(OC)c2)n1)c1ccccc1. The molecule has 0 radical (unpaired) electrons. The van der Waals surface area contributed by atoms with Gasteiger partial charge in [0.15, 0.2) is 0 Å². The standard InChI is InChI=1S/C21H21NO3S/c1-3-19(15-8-5-4-6-9-15)21(23)25-13-17-14-26-20(22-17)16-10-7-11-18(12-16)24-2/h4-12,14,19H,3,13H2,1-2H3. The van der Waals surface area contributed by atoms with Crippen LogP contribution in [-0.4, -0.2) is 18.1 Å². The van der Waals surface area contributed by atoms with Crippen LogP contribution >= 0.6 is 11.3 Å². The maximum absolute atomic E-state index is 12.4. The van der Waals surface area contributed by atoms with Crippen molar-refractivity contribution in [2.24, 2.45) is 0 Å². The van der Waals surface area contributed by atoms with E-state index in [-0.39, 0.29) is 18.5 Å². The van der Waals surface area contributed by atoms with Crippen LogP contribution in [-0.2, 0) is 16.1 Å². The van der Waals surface area contributed by atoms with Crippen molar-refractivity contribution in [3.05, 3.63) is 71.2 Å². The van der Waals surface area contributed by atoms with Crippen molar-refractivity contribution >= 4 is 17.3 Å². The molecule has 134 valence electrons. The van der Waals surface area contributed by atoms with E-state index in [9.17, 15) is 4.79 Å². The van der Waals surface area contributed by atoms with Gasteiger partial charge >= 0.3 is 5.97 Å². The lowest BCUT2D eigenvalue weighted by Crippen LogP contribution is -2.15. The second-order valence-corrected chi connectivity index (χ2v) is 6.71. The van der Waals surface area contributed by atoms with Gasteiger partial charge in [-0.2, -0.15) is 0 Å². The van der Waals surface area contributed by atoms with Crippen molar-refractivity contribution in [2.75, 3.05) is 7.11 Å². The minimum absolute atomic E-state index is 0.183. The van der Waals surface area contributed by atoms with Gasteiger partial charge in [-0.25, -0.2) is 4.98 Å². The lowest BCUT2D eigenvalue weighted by Gasteiger charge is -2.13. The third-order valence-electron chi connectivity index (χ3n) is 4.13. The number of rotatable bonds is 7. The first-order valence-corrected chi connectivity index (χ1v) is 9.39. The number of thiazole rings is 1. The third-order valence-corrected chi connectivity index (χ3v) is 5.07. The number of ether oxygens (including phenoxy) is 2. The zero-order valence-corrected chi connectivity index (χ0v) is 15.7. The van der Waals surface area contributed by atoms with Gasteiger partial charge in [0, 0.05) is 10.9 Å². The van der Waals surface area contributed by atoms with E-state index < -0.39 is 0 Å². The molecule has 0 saturated carbocycles. The first kappa shape index (κ1) is 18.1. The lowest BCUT2D eigenvalue weighted by atomic mass is 9.97. The number of carbonyl (C=O) groups is 1. The van der Waals surface area contributed by atoms with Crippen molar-refractivity contribution in [1.82, 2.24) is 4.98 Å². The average molecular weight is 367 g/mol. The normalized spacial score (nSPS) is 11.8.